The van der Waals surface area contributed by atoms with Gasteiger partial charge in [-0.05, 0) is 0 Å². The maximum atomic E-state index is 2.35. The van der Waals surface area contributed by atoms with E-state index in [1.54, 1.807) is 20.0 Å². The van der Waals surface area contributed by atoms with Crippen molar-refractivity contribution in [3.63, 3.8) is 0 Å². The van der Waals surface area contributed by atoms with E-state index in [9.17, 15) is 0 Å². The van der Waals surface area contributed by atoms with Crippen molar-refractivity contribution in [3.05, 3.63) is 107 Å². The van der Waals surface area contributed by atoms with Gasteiger partial charge in [0.25, 0.3) is 0 Å². The van der Waals surface area contributed by atoms with Crippen LogP contribution in [0.15, 0.2) is 84.9 Å². The zero-order valence-corrected chi connectivity index (χ0v) is 16.2. The Morgan fingerprint density at radius 2 is 0.889 bits per heavy atom. The zero-order valence-electron chi connectivity index (χ0n) is 14.9. The van der Waals surface area contributed by atoms with E-state index in [-0.39, 0.29) is 0 Å². The molecule has 1 heteroatoms. The van der Waals surface area contributed by atoms with E-state index in [4.69, 9.17) is 0 Å². The summed E-state index contributed by atoms with van der Waals surface area (Å²) in [6.07, 6.45) is 2.16. The Labute approximate surface area is 166 Å². The van der Waals surface area contributed by atoms with Crippen LogP contribution in [0, 0.1) is 0 Å². The van der Waals surface area contributed by atoms with E-state index < -0.39 is 0 Å². The number of rotatable bonds is 2. The molecule has 128 valence electrons. The molecular weight excluding hydrogens is 364 g/mol. The number of fused-ring (bicyclic) bond motifs is 6. The summed E-state index contributed by atoms with van der Waals surface area (Å²) in [7, 11) is 0. The molecule has 0 aliphatic heterocycles. The van der Waals surface area contributed by atoms with Gasteiger partial charge in [0.1, 0.15) is 0 Å². The monoisotopic (exact) mass is 382 g/mol. The predicted molar refractivity (Wildman–Crippen MR) is 109 cm³/mol. The van der Waals surface area contributed by atoms with Gasteiger partial charge in [-0.25, -0.2) is 0 Å². The van der Waals surface area contributed by atoms with Crippen molar-refractivity contribution in [2.75, 3.05) is 0 Å². The van der Waals surface area contributed by atoms with E-state index in [2.05, 4.69) is 84.9 Å². The third-order valence-electron chi connectivity index (χ3n) is 5.84. The predicted octanol–water partition coefficient (Wildman–Crippen LogP) is 4.86. The van der Waals surface area contributed by atoms with Crippen LogP contribution in [0.25, 0.3) is 22.3 Å². The molecule has 0 heterocycles. The molecule has 0 atom stereocenters. The first-order valence-electron chi connectivity index (χ1n) is 9.47. The molecule has 4 aromatic carbocycles. The molecule has 2 aliphatic carbocycles. The van der Waals surface area contributed by atoms with Crippen LogP contribution in [-0.4, -0.2) is 0 Å². The number of benzene rings is 4. The third-order valence-corrected chi connectivity index (χ3v) is 7.72. The van der Waals surface area contributed by atoms with Crippen LogP contribution in [0.2, 0.25) is 0 Å². The topological polar surface area (TPSA) is 0 Å². The van der Waals surface area contributed by atoms with E-state index in [1.165, 1.54) is 33.4 Å². The van der Waals surface area contributed by atoms with Crippen molar-refractivity contribution in [1.82, 2.24) is 0 Å². The first-order valence-corrected chi connectivity index (χ1v) is 10.7. The Morgan fingerprint density at radius 3 is 1.41 bits per heavy atom. The van der Waals surface area contributed by atoms with Crippen molar-refractivity contribution in [3.8, 4) is 22.3 Å². The van der Waals surface area contributed by atoms with Crippen LogP contribution >= 0.6 is 0 Å². The molecule has 0 spiro atoms. The van der Waals surface area contributed by atoms with Gasteiger partial charge in [0.2, 0.25) is 0 Å². The average molecular weight is 382 g/mol. The molecule has 4 aromatic rings. The van der Waals surface area contributed by atoms with E-state index in [0.717, 1.165) is 12.8 Å². The number of hydrogen-bond donors (Lipinski definition) is 0. The van der Waals surface area contributed by atoms with E-state index in [0.29, 0.717) is 15.2 Å². The number of hydrogen-bond acceptors (Lipinski definition) is 0. The Morgan fingerprint density at radius 1 is 0.444 bits per heavy atom. The molecule has 0 nitrogen and oxygen atoms in total. The van der Waals surface area contributed by atoms with Crippen molar-refractivity contribution in [2.45, 2.75) is 12.8 Å². The van der Waals surface area contributed by atoms with Gasteiger partial charge >= 0.3 is 166 Å². The summed E-state index contributed by atoms with van der Waals surface area (Å²) in [5.74, 6) is 0. The summed E-state index contributed by atoms with van der Waals surface area (Å²) in [5, 5.41) is 0. The summed E-state index contributed by atoms with van der Waals surface area (Å²) in [4.78, 5) is 0. The van der Waals surface area contributed by atoms with Crippen molar-refractivity contribution in [2.24, 2.45) is 0 Å². The molecule has 0 saturated heterocycles. The average Bonchev–Trinajstić information content (AvgIpc) is 3.28. The molecular formula is C26H18Cr. The SMILES string of the molecule is c1ccc2c(c1)Cc1[c]([Cr][c]3cccc4c3Cc3ccccc3-4)cccc1-2. The first kappa shape index (κ1) is 15.5. The van der Waals surface area contributed by atoms with Gasteiger partial charge in [0.05, 0.1) is 0 Å². The Kier molecular flexibility index (Phi) is 3.42. The second-order valence-electron chi connectivity index (χ2n) is 7.33. The first-order chi connectivity index (χ1) is 13.4. The standard InChI is InChI=1S/2C13H9.Cr/c2*1-3-7-12-10(5-1)9-11-6-2-4-8-13(11)12;/h2*1-5,7-8H,9H2;. The summed E-state index contributed by atoms with van der Waals surface area (Å²) in [6.45, 7) is 0. The molecule has 0 bridgehead atoms. The fourth-order valence-electron chi connectivity index (χ4n) is 4.57. The second-order valence-corrected chi connectivity index (χ2v) is 9.03. The van der Waals surface area contributed by atoms with Gasteiger partial charge in [-0.3, -0.25) is 0 Å². The van der Waals surface area contributed by atoms with Crippen LogP contribution in [0.5, 0.6) is 0 Å². The quantitative estimate of drug-likeness (QED) is 0.401. The van der Waals surface area contributed by atoms with Gasteiger partial charge in [-0.15, -0.1) is 0 Å². The molecule has 0 aromatic heterocycles. The minimum absolute atomic E-state index is 0.334. The van der Waals surface area contributed by atoms with Gasteiger partial charge in [0.15, 0.2) is 0 Å². The molecule has 0 saturated carbocycles. The third kappa shape index (κ3) is 2.36. The normalized spacial score (nSPS) is 13.0. The molecule has 0 amide bonds. The van der Waals surface area contributed by atoms with Crippen LogP contribution in [0.4, 0.5) is 0 Å². The molecule has 0 unspecified atom stereocenters. The van der Waals surface area contributed by atoms with Crippen molar-refractivity contribution < 1.29 is 15.2 Å². The summed E-state index contributed by atoms with van der Waals surface area (Å²) < 4.78 is 3.08. The molecule has 0 N–H and O–H groups in total. The van der Waals surface area contributed by atoms with E-state index >= 15 is 0 Å². The summed E-state index contributed by atoms with van der Waals surface area (Å²) in [5.41, 5.74) is 11.8. The molecule has 6 rings (SSSR count). The molecule has 0 radical (unpaired) electrons. The zero-order chi connectivity index (χ0) is 17.8. The minimum atomic E-state index is 0.334. The molecule has 2 aliphatic rings. The molecule has 0 fully saturated rings. The van der Waals surface area contributed by atoms with Crippen molar-refractivity contribution in [1.29, 1.82) is 0 Å². The van der Waals surface area contributed by atoms with Crippen LogP contribution in [-0.2, 0) is 28.1 Å². The molecule has 27 heavy (non-hydrogen) atoms. The Hall–Kier alpha value is -2.59. The van der Waals surface area contributed by atoms with Crippen LogP contribution in [0.3, 0.4) is 0 Å². The summed E-state index contributed by atoms with van der Waals surface area (Å²) in [6, 6.07) is 31.5. The van der Waals surface area contributed by atoms with Gasteiger partial charge in [0, 0.05) is 0 Å². The second kappa shape index (κ2) is 5.96. The Bertz CT molecular complexity index is 1110. The maximum absolute atomic E-state index is 2.35. The summed E-state index contributed by atoms with van der Waals surface area (Å²) >= 11 is 0.334. The van der Waals surface area contributed by atoms with Crippen LogP contribution in [0.1, 0.15) is 22.3 Å². The Balaban J connectivity index is 1.43. The fourth-order valence-corrected chi connectivity index (χ4v) is 6.35. The van der Waals surface area contributed by atoms with E-state index in [1.807, 2.05) is 0 Å². The van der Waals surface area contributed by atoms with Gasteiger partial charge < -0.3 is 0 Å². The van der Waals surface area contributed by atoms with Gasteiger partial charge in [-0.2, -0.15) is 0 Å². The fraction of sp³-hybridized carbons (Fsp3) is 0.0769. The van der Waals surface area contributed by atoms with Crippen LogP contribution < -0.4 is 8.85 Å². The van der Waals surface area contributed by atoms with Crippen molar-refractivity contribution >= 4 is 8.85 Å². The van der Waals surface area contributed by atoms with Gasteiger partial charge in [-0.1, -0.05) is 0 Å².